The van der Waals surface area contributed by atoms with Crippen LogP contribution in [0.4, 0.5) is 0 Å². The van der Waals surface area contributed by atoms with Crippen LogP contribution in [0.2, 0.25) is 0 Å². The summed E-state index contributed by atoms with van der Waals surface area (Å²) < 4.78 is 7.66. The fourth-order valence-electron chi connectivity index (χ4n) is 1.15. The van der Waals surface area contributed by atoms with E-state index in [4.69, 9.17) is 0 Å². The van der Waals surface area contributed by atoms with Gasteiger partial charge in [0.25, 0.3) is 0 Å². The van der Waals surface area contributed by atoms with Crippen LogP contribution in [-0.2, 0) is 0 Å². The molecule has 0 amide bonds. The molecule has 0 unspecified atom stereocenters. The fourth-order valence-corrected chi connectivity index (χ4v) is 2.68. The van der Waals surface area contributed by atoms with Gasteiger partial charge in [0.1, 0.15) is 10.8 Å². The van der Waals surface area contributed by atoms with Crippen molar-refractivity contribution in [3.05, 3.63) is 37.5 Å². The van der Waals surface area contributed by atoms with Gasteiger partial charge in [-0.05, 0) is 64.6 Å². The second-order valence-electron chi connectivity index (χ2n) is 4.28. The highest BCUT2D eigenvalue weighted by Gasteiger charge is 1.91. The molecule has 0 bridgehead atoms. The lowest BCUT2D eigenvalue weighted by Crippen LogP contribution is -1.70. The van der Waals surface area contributed by atoms with Crippen LogP contribution in [0.1, 0.15) is 32.1 Å². The molecule has 3 heterocycles. The predicted molar refractivity (Wildman–Crippen MR) is 90.4 cm³/mol. The highest BCUT2D eigenvalue weighted by Crippen LogP contribution is 2.05. The van der Waals surface area contributed by atoms with Crippen molar-refractivity contribution in [2.24, 2.45) is 0 Å². The van der Waals surface area contributed by atoms with E-state index in [2.05, 4.69) is 29.3 Å². The minimum atomic E-state index is 0.877. The zero-order chi connectivity index (χ0) is 15.8. The molecule has 0 aliphatic heterocycles. The largest absolute Gasteiger partial charge is 0.247 e. The number of rotatable bonds is 0. The molecule has 0 aliphatic carbocycles. The first-order chi connectivity index (χ1) is 9.88. The Morgan fingerprint density at radius 1 is 0.857 bits per heavy atom. The summed E-state index contributed by atoms with van der Waals surface area (Å²) in [6.07, 6.45) is 0. The lowest BCUT2D eigenvalue weighted by molar-refractivity contribution is 1.08. The van der Waals surface area contributed by atoms with Gasteiger partial charge >= 0.3 is 0 Å². The summed E-state index contributed by atoms with van der Waals surface area (Å²) in [4.78, 5) is 9.36. The second kappa shape index (κ2) is 8.91. The predicted octanol–water partition coefficient (Wildman–Crippen LogP) is 4.07. The van der Waals surface area contributed by atoms with Crippen LogP contribution in [0.5, 0.6) is 0 Å². The Hall–Kier alpha value is -1.25. The van der Waals surface area contributed by atoms with Gasteiger partial charge in [0.05, 0.1) is 10.7 Å². The maximum Gasteiger partial charge on any atom is 0.139 e. The molecule has 114 valence electrons. The van der Waals surface area contributed by atoms with Crippen molar-refractivity contribution >= 4 is 34.4 Å². The fraction of sp³-hybridized carbons (Fsp3) is 0.462. The first-order valence-electron chi connectivity index (χ1n) is 6.29. The quantitative estimate of drug-likeness (QED) is 0.616. The summed E-state index contributed by atoms with van der Waals surface area (Å²) in [5.41, 5.74) is 2.17. The molecule has 3 aromatic rings. The molecule has 3 rings (SSSR count). The van der Waals surface area contributed by atoms with E-state index in [1.165, 1.54) is 27.9 Å². The van der Waals surface area contributed by atoms with E-state index in [-0.39, 0.29) is 0 Å². The van der Waals surface area contributed by atoms with Gasteiger partial charge in [0.15, 0.2) is 0 Å². The summed E-state index contributed by atoms with van der Waals surface area (Å²) in [6, 6.07) is 0. The second-order valence-corrected chi connectivity index (χ2v) is 7.26. The van der Waals surface area contributed by atoms with E-state index < -0.39 is 0 Å². The van der Waals surface area contributed by atoms with Gasteiger partial charge in [0.2, 0.25) is 0 Å². The van der Waals surface area contributed by atoms with Crippen molar-refractivity contribution in [1.29, 1.82) is 0 Å². The Morgan fingerprint density at radius 3 is 1.71 bits per heavy atom. The van der Waals surface area contributed by atoms with E-state index in [0.717, 1.165) is 27.2 Å². The van der Waals surface area contributed by atoms with Crippen molar-refractivity contribution in [3.8, 4) is 0 Å². The number of nitrogens with zero attached hydrogens (tertiary/aromatic N) is 5. The Labute approximate surface area is 137 Å². The van der Waals surface area contributed by atoms with E-state index in [1.54, 1.807) is 11.3 Å². The molecule has 0 saturated carbocycles. The van der Waals surface area contributed by atoms with E-state index in [0.29, 0.717) is 0 Å². The van der Waals surface area contributed by atoms with Crippen molar-refractivity contribution in [3.63, 3.8) is 0 Å². The minimum Gasteiger partial charge on any atom is -0.247 e. The molecule has 0 spiro atoms. The Morgan fingerprint density at radius 2 is 1.57 bits per heavy atom. The Balaban J connectivity index is 0.000000157. The lowest BCUT2D eigenvalue weighted by atomic mass is 10.4. The summed E-state index contributed by atoms with van der Waals surface area (Å²) in [6.45, 7) is 11.8. The highest BCUT2D eigenvalue weighted by atomic mass is 32.1. The first kappa shape index (κ1) is 17.8. The number of hydrogen-bond donors (Lipinski definition) is 0. The molecular weight excluding hydrogens is 322 g/mol. The molecule has 0 fully saturated rings. The molecule has 3 aromatic heterocycles. The minimum absolute atomic E-state index is 0.877. The van der Waals surface area contributed by atoms with Gasteiger partial charge in [-0.25, -0.2) is 9.97 Å². The van der Waals surface area contributed by atoms with Gasteiger partial charge < -0.3 is 0 Å². The van der Waals surface area contributed by atoms with Gasteiger partial charge in [-0.15, -0.1) is 16.4 Å². The average molecular weight is 342 g/mol. The Bertz CT molecular complexity index is 568. The first-order valence-corrected chi connectivity index (χ1v) is 8.72. The molecule has 0 radical (unpaired) electrons. The highest BCUT2D eigenvalue weighted by molar-refractivity contribution is 7.09. The maximum atomic E-state index is 4.13. The number of aryl methyl sites for hydroxylation is 6. The zero-order valence-electron chi connectivity index (χ0n) is 13.0. The van der Waals surface area contributed by atoms with E-state index in [9.17, 15) is 0 Å². The molecule has 21 heavy (non-hydrogen) atoms. The lowest BCUT2D eigenvalue weighted by Gasteiger charge is -1.74. The summed E-state index contributed by atoms with van der Waals surface area (Å²) in [5.74, 6) is 0.877. The maximum absolute atomic E-state index is 4.13. The topological polar surface area (TPSA) is 64.5 Å². The summed E-state index contributed by atoms with van der Waals surface area (Å²) in [7, 11) is 0. The SMILES string of the molecule is Cc1csc(C)n1.Cc1nnsc1C.Cc1nsc(C)n1. The van der Waals surface area contributed by atoms with Crippen LogP contribution in [-0.4, -0.2) is 23.9 Å². The standard InChI is InChI=1S/C5H7NS.2C4H6N2S/c1-4-3-7-5(2)6-4;1-3-5-4(2)7-6-3;1-3-4(2)7-6-5-3/h3H,1-2H3;2*1-2H3. The molecular formula is C13H19N5S3. The van der Waals surface area contributed by atoms with Gasteiger partial charge in [-0.3, -0.25) is 0 Å². The van der Waals surface area contributed by atoms with Crippen LogP contribution in [0.25, 0.3) is 0 Å². The Kier molecular flexibility index (Phi) is 7.55. The monoisotopic (exact) mass is 341 g/mol. The van der Waals surface area contributed by atoms with Gasteiger partial charge in [-0.2, -0.15) is 4.37 Å². The number of aromatic nitrogens is 5. The summed E-state index contributed by atoms with van der Waals surface area (Å²) in [5, 5.41) is 8.03. The normalized spacial score (nSPS) is 9.43. The molecule has 0 aromatic carbocycles. The summed E-state index contributed by atoms with van der Waals surface area (Å²) >= 11 is 4.58. The third kappa shape index (κ3) is 7.35. The van der Waals surface area contributed by atoms with Gasteiger partial charge in [0, 0.05) is 16.0 Å². The number of thiazole rings is 1. The van der Waals surface area contributed by atoms with Crippen LogP contribution in [0.15, 0.2) is 5.38 Å². The molecule has 8 heteroatoms. The number of hydrogen-bond acceptors (Lipinski definition) is 8. The van der Waals surface area contributed by atoms with Crippen molar-refractivity contribution in [2.75, 3.05) is 0 Å². The van der Waals surface area contributed by atoms with E-state index in [1.807, 2.05) is 41.5 Å². The molecule has 0 aliphatic rings. The van der Waals surface area contributed by atoms with Crippen molar-refractivity contribution in [1.82, 2.24) is 23.9 Å². The molecule has 0 atom stereocenters. The van der Waals surface area contributed by atoms with Gasteiger partial charge in [-0.1, -0.05) is 4.49 Å². The third-order valence-corrected chi connectivity index (χ3v) is 4.58. The third-order valence-electron chi connectivity index (χ3n) is 2.24. The van der Waals surface area contributed by atoms with Crippen LogP contribution < -0.4 is 0 Å². The van der Waals surface area contributed by atoms with Crippen LogP contribution in [0, 0.1) is 41.5 Å². The smallest absolute Gasteiger partial charge is 0.139 e. The van der Waals surface area contributed by atoms with E-state index >= 15 is 0 Å². The molecule has 0 saturated heterocycles. The average Bonchev–Trinajstić information content (AvgIpc) is 3.08. The zero-order valence-corrected chi connectivity index (χ0v) is 15.5. The van der Waals surface area contributed by atoms with Crippen LogP contribution in [0.3, 0.4) is 0 Å². The van der Waals surface area contributed by atoms with Crippen LogP contribution >= 0.6 is 34.4 Å². The van der Waals surface area contributed by atoms with Crippen molar-refractivity contribution in [2.45, 2.75) is 41.5 Å². The molecule has 5 nitrogen and oxygen atoms in total. The molecule has 0 N–H and O–H groups in total. The van der Waals surface area contributed by atoms with Crippen molar-refractivity contribution < 1.29 is 0 Å².